The predicted octanol–water partition coefficient (Wildman–Crippen LogP) is 3.70. The van der Waals surface area contributed by atoms with Gasteiger partial charge in [0.05, 0.1) is 11.6 Å². The Morgan fingerprint density at radius 2 is 1.84 bits per heavy atom. The number of phenolic OH excluding ortho intramolecular Hbond substituents is 1. The first kappa shape index (κ1) is 25.6. The van der Waals surface area contributed by atoms with Gasteiger partial charge in [0.25, 0.3) is 0 Å². The highest BCUT2D eigenvalue weighted by Gasteiger charge is 2.31. The van der Waals surface area contributed by atoms with Crippen molar-refractivity contribution in [2.24, 2.45) is 0 Å². The van der Waals surface area contributed by atoms with Gasteiger partial charge < -0.3 is 10.4 Å². The number of benzene rings is 3. The molecule has 1 aromatic heterocycles. The quantitative estimate of drug-likeness (QED) is 0.377. The Kier molecular flexibility index (Phi) is 7.22. The molecule has 0 radical (unpaired) electrons. The van der Waals surface area contributed by atoms with Gasteiger partial charge in [-0.05, 0) is 67.8 Å². The van der Waals surface area contributed by atoms with Crippen molar-refractivity contribution in [3.8, 4) is 17.1 Å². The highest BCUT2D eigenvalue weighted by atomic mass is 16.7. The topological polar surface area (TPSA) is 105 Å². The summed E-state index contributed by atoms with van der Waals surface area (Å²) < 4.78 is 0. The Morgan fingerprint density at radius 3 is 2.58 bits per heavy atom. The van der Waals surface area contributed by atoms with Crippen LogP contribution in [0, 0.1) is 13.8 Å². The molecule has 3 aromatic carbocycles. The molecule has 0 bridgehead atoms. The summed E-state index contributed by atoms with van der Waals surface area (Å²) in [5.74, 6) is 0.0503. The van der Waals surface area contributed by atoms with Gasteiger partial charge in [0, 0.05) is 35.7 Å². The summed E-state index contributed by atoms with van der Waals surface area (Å²) in [5.41, 5.74) is 5.21. The molecule has 1 aliphatic rings. The molecule has 4 aromatic rings. The fraction of sp³-hybridized carbons (Fsp3) is 0.310. The molecule has 0 spiro atoms. The maximum absolute atomic E-state index is 12.6. The first-order valence-electron chi connectivity index (χ1n) is 12.8. The van der Waals surface area contributed by atoms with Crippen LogP contribution in [0.3, 0.4) is 0 Å². The average Bonchev–Trinajstić information content (AvgIpc) is 3.35. The highest BCUT2D eigenvalue weighted by Crippen LogP contribution is 2.34. The summed E-state index contributed by atoms with van der Waals surface area (Å²) in [6.45, 7) is 9.99. The number of hydrogen-bond donors (Lipinski definition) is 2. The summed E-state index contributed by atoms with van der Waals surface area (Å²) >= 11 is 0. The summed E-state index contributed by atoms with van der Waals surface area (Å²) in [5, 5.41) is 26.0. The molecule has 38 heavy (non-hydrogen) atoms. The Hall–Kier alpha value is -4.08. The van der Waals surface area contributed by atoms with E-state index in [0.29, 0.717) is 23.5 Å². The van der Waals surface area contributed by atoms with Crippen LogP contribution in [0.5, 0.6) is 5.75 Å². The molecule has 0 amide bonds. The molecule has 1 fully saturated rings. The van der Waals surface area contributed by atoms with Crippen LogP contribution >= 0.6 is 0 Å². The van der Waals surface area contributed by atoms with Gasteiger partial charge in [-0.3, -0.25) is 9.74 Å². The SMILES string of the molecule is Cc1ccc(C(=O)On2nnc(-c3ccc([C@H](c4cccc(O)c4)N4C[C@@H](C)NC[C@@H]4C)cc3)n2)c(C)c1. The lowest BCUT2D eigenvalue weighted by Gasteiger charge is -2.43. The number of phenols is 1. The van der Waals surface area contributed by atoms with E-state index in [1.54, 1.807) is 12.1 Å². The number of rotatable bonds is 6. The van der Waals surface area contributed by atoms with Gasteiger partial charge in [0.1, 0.15) is 5.75 Å². The summed E-state index contributed by atoms with van der Waals surface area (Å²) in [6.07, 6.45) is 0. The lowest BCUT2D eigenvalue weighted by molar-refractivity contribution is 0.0295. The molecular weight excluding hydrogens is 480 g/mol. The molecule has 1 saturated heterocycles. The molecule has 3 atom stereocenters. The maximum Gasteiger partial charge on any atom is 0.367 e. The molecule has 0 saturated carbocycles. The number of aryl methyl sites for hydroxylation is 2. The van der Waals surface area contributed by atoms with Crippen molar-refractivity contribution in [2.75, 3.05) is 13.1 Å². The fourth-order valence-corrected chi connectivity index (χ4v) is 5.02. The molecule has 2 N–H and O–H groups in total. The average molecular weight is 513 g/mol. The fourth-order valence-electron chi connectivity index (χ4n) is 5.02. The van der Waals surface area contributed by atoms with Gasteiger partial charge >= 0.3 is 5.97 Å². The van der Waals surface area contributed by atoms with Crippen LogP contribution in [0.25, 0.3) is 11.4 Å². The number of tetrazole rings is 1. The smallest absolute Gasteiger partial charge is 0.367 e. The standard InChI is InChI=1S/C29H32N6O3/c1-18-8-13-26(19(2)14-18)29(37)38-35-32-28(31-33-35)23-11-9-22(10-12-23)27(24-6-5-7-25(36)15-24)34-17-20(3)30-16-21(34)4/h5-15,20-21,27,30,36H,16-17H2,1-4H3/t20-,21+,27-/m1/s1. The molecule has 196 valence electrons. The van der Waals surface area contributed by atoms with Crippen molar-refractivity contribution < 1.29 is 14.7 Å². The maximum atomic E-state index is 12.6. The van der Waals surface area contributed by atoms with Gasteiger partial charge in [-0.25, -0.2) is 4.79 Å². The highest BCUT2D eigenvalue weighted by molar-refractivity contribution is 5.91. The van der Waals surface area contributed by atoms with Gasteiger partial charge in [0.2, 0.25) is 5.82 Å². The molecule has 0 aliphatic carbocycles. The summed E-state index contributed by atoms with van der Waals surface area (Å²) in [6, 6.07) is 21.6. The van der Waals surface area contributed by atoms with E-state index in [-0.39, 0.29) is 11.8 Å². The van der Waals surface area contributed by atoms with Gasteiger partial charge in [-0.2, -0.15) is 0 Å². The van der Waals surface area contributed by atoms with Crippen LogP contribution in [0.2, 0.25) is 0 Å². The van der Waals surface area contributed by atoms with Gasteiger partial charge in [0.15, 0.2) is 0 Å². The number of carbonyl (C=O) groups excluding carboxylic acids is 1. The minimum atomic E-state index is -0.546. The first-order valence-corrected chi connectivity index (χ1v) is 12.8. The molecule has 5 rings (SSSR count). The second-order valence-corrected chi connectivity index (χ2v) is 10.0. The third kappa shape index (κ3) is 5.44. The number of piperazine rings is 1. The van der Waals surface area contributed by atoms with E-state index in [2.05, 4.69) is 45.5 Å². The lowest BCUT2D eigenvalue weighted by atomic mass is 9.93. The molecule has 2 heterocycles. The largest absolute Gasteiger partial charge is 0.508 e. The number of hydrogen-bond acceptors (Lipinski definition) is 8. The van der Waals surface area contributed by atoms with Crippen molar-refractivity contribution in [3.63, 3.8) is 0 Å². The normalized spacial score (nSPS) is 18.7. The third-order valence-electron chi connectivity index (χ3n) is 6.98. The van der Waals surface area contributed by atoms with Crippen molar-refractivity contribution >= 4 is 5.97 Å². The molecular formula is C29H32N6O3. The summed E-state index contributed by atoms with van der Waals surface area (Å²) in [4.78, 5) is 21.2. The second kappa shape index (κ2) is 10.7. The Bertz CT molecular complexity index is 1430. The minimum Gasteiger partial charge on any atom is -0.508 e. The zero-order valence-corrected chi connectivity index (χ0v) is 22.0. The van der Waals surface area contributed by atoms with Crippen LogP contribution in [0.15, 0.2) is 66.7 Å². The zero-order valence-electron chi connectivity index (χ0n) is 22.0. The first-order chi connectivity index (χ1) is 18.3. The van der Waals surface area contributed by atoms with Crippen molar-refractivity contribution in [1.29, 1.82) is 0 Å². The van der Waals surface area contributed by atoms with Gasteiger partial charge in [-0.15, -0.1) is 5.10 Å². The van der Waals surface area contributed by atoms with Crippen LogP contribution in [-0.4, -0.2) is 61.5 Å². The van der Waals surface area contributed by atoms with E-state index >= 15 is 0 Å². The predicted molar refractivity (Wildman–Crippen MR) is 144 cm³/mol. The summed E-state index contributed by atoms with van der Waals surface area (Å²) in [7, 11) is 0. The minimum absolute atomic E-state index is 0.0296. The zero-order chi connectivity index (χ0) is 26.8. The third-order valence-corrected chi connectivity index (χ3v) is 6.98. The van der Waals surface area contributed by atoms with E-state index < -0.39 is 5.97 Å². The molecule has 9 heteroatoms. The van der Waals surface area contributed by atoms with Crippen molar-refractivity contribution in [2.45, 2.75) is 45.8 Å². The number of aromatic hydroxyl groups is 1. The van der Waals surface area contributed by atoms with E-state index in [4.69, 9.17) is 4.84 Å². The molecule has 9 nitrogen and oxygen atoms in total. The Morgan fingerprint density at radius 1 is 1.05 bits per heavy atom. The number of nitrogens with zero attached hydrogens (tertiary/aromatic N) is 5. The monoisotopic (exact) mass is 512 g/mol. The molecule has 1 aliphatic heterocycles. The van der Waals surface area contributed by atoms with E-state index in [1.807, 2.05) is 62.4 Å². The van der Waals surface area contributed by atoms with E-state index in [1.165, 1.54) is 0 Å². The molecule has 0 unspecified atom stereocenters. The lowest BCUT2D eigenvalue weighted by Crippen LogP contribution is -2.55. The van der Waals surface area contributed by atoms with Gasteiger partial charge in [-0.1, -0.05) is 59.2 Å². The van der Waals surface area contributed by atoms with Crippen LogP contribution < -0.4 is 10.2 Å². The van der Waals surface area contributed by atoms with E-state index in [0.717, 1.165) is 45.9 Å². The van der Waals surface area contributed by atoms with E-state index in [9.17, 15) is 9.90 Å². The number of nitrogens with one attached hydrogen (secondary N) is 1. The second-order valence-electron chi connectivity index (χ2n) is 10.0. The van der Waals surface area contributed by atoms with Crippen LogP contribution in [0.1, 0.15) is 52.5 Å². The Labute approximate surface area is 222 Å². The van der Waals surface area contributed by atoms with Crippen molar-refractivity contribution in [1.82, 2.24) is 30.6 Å². The van der Waals surface area contributed by atoms with Crippen LogP contribution in [-0.2, 0) is 0 Å². The Balaban J connectivity index is 1.38. The van der Waals surface area contributed by atoms with Crippen LogP contribution in [0.4, 0.5) is 0 Å². The van der Waals surface area contributed by atoms with Crippen molar-refractivity contribution in [3.05, 3.63) is 94.5 Å². The number of carbonyl (C=O) groups is 1. The number of aromatic nitrogens is 4.